The number of hydrogen-bond acceptors (Lipinski definition) is 3. The highest BCUT2D eigenvalue weighted by Gasteiger charge is 2.06. The molecule has 7 heteroatoms. The van der Waals surface area contributed by atoms with E-state index in [1.54, 1.807) is 19.1 Å². The Hall–Kier alpha value is -2.28. The fraction of sp³-hybridized carbons (Fsp3) is 0.267. The molecule has 0 saturated heterocycles. The number of nitrogens with zero attached hydrogens (tertiary/aromatic N) is 2. The van der Waals surface area contributed by atoms with Crippen molar-refractivity contribution in [1.29, 1.82) is 0 Å². The maximum Gasteiger partial charge on any atom is 0.244 e. The highest BCUT2D eigenvalue weighted by molar-refractivity contribution is 7.71. The van der Waals surface area contributed by atoms with Crippen LogP contribution in [0.5, 0.6) is 0 Å². The van der Waals surface area contributed by atoms with Crippen molar-refractivity contribution in [3.63, 3.8) is 0 Å². The van der Waals surface area contributed by atoms with E-state index in [-0.39, 0.29) is 18.3 Å². The summed E-state index contributed by atoms with van der Waals surface area (Å²) in [7, 11) is 0. The number of aromatic nitrogens is 3. The first-order valence-electron chi connectivity index (χ1n) is 6.87. The SMILES string of the molecule is CCn1c(CNC(=O)C=C(C)c2ccc(F)cc2)n[nH]c1=S. The predicted octanol–water partition coefficient (Wildman–Crippen LogP) is 2.82. The molecule has 1 aromatic heterocycles. The maximum absolute atomic E-state index is 12.9. The molecule has 0 unspecified atom stereocenters. The van der Waals surface area contributed by atoms with Crippen LogP contribution in [0.3, 0.4) is 0 Å². The topological polar surface area (TPSA) is 62.7 Å². The zero-order chi connectivity index (χ0) is 16.1. The van der Waals surface area contributed by atoms with Crippen molar-refractivity contribution in [3.8, 4) is 0 Å². The maximum atomic E-state index is 12.9. The Morgan fingerprint density at radius 1 is 1.45 bits per heavy atom. The number of amides is 1. The number of H-pyrrole nitrogens is 1. The van der Waals surface area contributed by atoms with Crippen LogP contribution in [-0.4, -0.2) is 20.7 Å². The summed E-state index contributed by atoms with van der Waals surface area (Å²) in [4.78, 5) is 11.9. The third-order valence-corrected chi connectivity index (χ3v) is 3.53. The number of nitrogens with one attached hydrogen (secondary N) is 2. The molecule has 0 radical (unpaired) electrons. The minimum absolute atomic E-state index is 0.238. The number of halogens is 1. The Morgan fingerprint density at radius 2 is 2.14 bits per heavy atom. The first-order valence-corrected chi connectivity index (χ1v) is 7.28. The van der Waals surface area contributed by atoms with E-state index in [0.29, 0.717) is 17.1 Å². The molecule has 2 N–H and O–H groups in total. The second-order valence-corrected chi connectivity index (χ2v) is 5.13. The largest absolute Gasteiger partial charge is 0.345 e. The fourth-order valence-corrected chi connectivity index (χ4v) is 2.30. The van der Waals surface area contributed by atoms with E-state index in [1.807, 2.05) is 11.5 Å². The first kappa shape index (κ1) is 16.1. The minimum Gasteiger partial charge on any atom is -0.345 e. The quantitative estimate of drug-likeness (QED) is 0.658. The Balaban J connectivity index is 2.01. The van der Waals surface area contributed by atoms with Gasteiger partial charge in [0.15, 0.2) is 10.6 Å². The summed E-state index contributed by atoms with van der Waals surface area (Å²) >= 11 is 5.09. The normalized spacial score (nSPS) is 11.5. The van der Waals surface area contributed by atoms with E-state index in [9.17, 15) is 9.18 Å². The first-order chi connectivity index (χ1) is 10.5. The van der Waals surface area contributed by atoms with Gasteiger partial charge in [-0.2, -0.15) is 5.10 Å². The van der Waals surface area contributed by atoms with Crippen molar-refractivity contribution >= 4 is 23.7 Å². The smallest absolute Gasteiger partial charge is 0.244 e. The average Bonchev–Trinajstić information content (AvgIpc) is 2.85. The summed E-state index contributed by atoms with van der Waals surface area (Å²) in [5.74, 6) is 0.135. The van der Waals surface area contributed by atoms with Crippen LogP contribution in [0.1, 0.15) is 25.2 Å². The fourth-order valence-electron chi connectivity index (χ4n) is 2.02. The summed E-state index contributed by atoms with van der Waals surface area (Å²) < 4.78 is 15.2. The van der Waals surface area contributed by atoms with Crippen LogP contribution in [0.15, 0.2) is 30.3 Å². The second-order valence-electron chi connectivity index (χ2n) is 4.74. The van der Waals surface area contributed by atoms with Gasteiger partial charge in [-0.3, -0.25) is 9.89 Å². The molecule has 116 valence electrons. The lowest BCUT2D eigenvalue weighted by atomic mass is 10.1. The van der Waals surface area contributed by atoms with Gasteiger partial charge in [-0.05, 0) is 49.3 Å². The van der Waals surface area contributed by atoms with Gasteiger partial charge in [-0.1, -0.05) is 12.1 Å². The lowest BCUT2D eigenvalue weighted by Gasteiger charge is -2.05. The minimum atomic E-state index is -0.302. The van der Waals surface area contributed by atoms with E-state index in [0.717, 1.165) is 11.1 Å². The molecule has 0 aliphatic heterocycles. The van der Waals surface area contributed by atoms with Crippen molar-refractivity contribution < 1.29 is 9.18 Å². The standard InChI is InChI=1S/C15H17FN4OS/c1-3-20-13(18-19-15(20)22)9-17-14(21)8-10(2)11-4-6-12(16)7-5-11/h4-8H,3,9H2,1-2H3,(H,17,21)(H,19,22). The van der Waals surface area contributed by atoms with Crippen LogP contribution in [-0.2, 0) is 17.9 Å². The summed E-state index contributed by atoms with van der Waals surface area (Å²) in [5, 5.41) is 9.53. The molecule has 1 aromatic carbocycles. The average molecular weight is 320 g/mol. The Labute approximate surface area is 132 Å². The monoisotopic (exact) mass is 320 g/mol. The van der Waals surface area contributed by atoms with Crippen molar-refractivity contribution in [2.24, 2.45) is 0 Å². The zero-order valence-corrected chi connectivity index (χ0v) is 13.2. The summed E-state index contributed by atoms with van der Waals surface area (Å²) in [6.45, 7) is 4.72. The molecule has 0 aliphatic rings. The number of carbonyl (C=O) groups is 1. The van der Waals surface area contributed by atoms with E-state index in [4.69, 9.17) is 12.2 Å². The van der Waals surface area contributed by atoms with Gasteiger partial charge >= 0.3 is 0 Å². The van der Waals surface area contributed by atoms with Crippen molar-refractivity contribution in [2.45, 2.75) is 26.9 Å². The van der Waals surface area contributed by atoms with Crippen LogP contribution >= 0.6 is 12.2 Å². The van der Waals surface area contributed by atoms with Gasteiger partial charge in [0.25, 0.3) is 0 Å². The Morgan fingerprint density at radius 3 is 2.77 bits per heavy atom. The number of rotatable bonds is 5. The number of aromatic amines is 1. The predicted molar refractivity (Wildman–Crippen MR) is 85.0 cm³/mol. The molecular formula is C15H17FN4OS. The van der Waals surface area contributed by atoms with Crippen molar-refractivity contribution in [3.05, 3.63) is 52.3 Å². The van der Waals surface area contributed by atoms with Gasteiger partial charge in [0, 0.05) is 12.6 Å². The van der Waals surface area contributed by atoms with E-state index < -0.39 is 0 Å². The molecule has 22 heavy (non-hydrogen) atoms. The van der Waals surface area contributed by atoms with E-state index in [1.165, 1.54) is 18.2 Å². The molecule has 0 saturated carbocycles. The number of hydrogen-bond donors (Lipinski definition) is 2. The van der Waals surface area contributed by atoms with Gasteiger partial charge in [0.05, 0.1) is 6.54 Å². The molecule has 1 heterocycles. The van der Waals surface area contributed by atoms with Gasteiger partial charge in [-0.15, -0.1) is 0 Å². The molecule has 5 nitrogen and oxygen atoms in total. The molecule has 0 atom stereocenters. The van der Waals surface area contributed by atoms with Crippen LogP contribution in [0, 0.1) is 10.6 Å². The highest BCUT2D eigenvalue weighted by Crippen LogP contribution is 2.13. The van der Waals surface area contributed by atoms with Gasteiger partial charge in [-0.25, -0.2) is 4.39 Å². The van der Waals surface area contributed by atoms with Crippen LogP contribution in [0.2, 0.25) is 0 Å². The van der Waals surface area contributed by atoms with Gasteiger partial charge in [0.2, 0.25) is 5.91 Å². The summed E-state index contributed by atoms with van der Waals surface area (Å²) in [5.41, 5.74) is 1.56. The Bertz CT molecular complexity index is 746. The molecule has 2 aromatic rings. The number of carbonyl (C=O) groups excluding carboxylic acids is 1. The van der Waals surface area contributed by atoms with Crippen molar-refractivity contribution in [2.75, 3.05) is 0 Å². The van der Waals surface area contributed by atoms with E-state index in [2.05, 4.69) is 15.5 Å². The van der Waals surface area contributed by atoms with Gasteiger partial charge < -0.3 is 9.88 Å². The van der Waals surface area contributed by atoms with Crippen molar-refractivity contribution in [1.82, 2.24) is 20.1 Å². The number of benzene rings is 1. The van der Waals surface area contributed by atoms with Crippen LogP contribution in [0.4, 0.5) is 4.39 Å². The molecule has 1 amide bonds. The third kappa shape index (κ3) is 3.88. The molecule has 0 spiro atoms. The van der Waals surface area contributed by atoms with Crippen LogP contribution in [0.25, 0.3) is 5.57 Å². The number of allylic oxidation sites excluding steroid dienone is 1. The third-order valence-electron chi connectivity index (χ3n) is 3.22. The van der Waals surface area contributed by atoms with Crippen LogP contribution < -0.4 is 5.32 Å². The molecular weight excluding hydrogens is 303 g/mol. The van der Waals surface area contributed by atoms with E-state index >= 15 is 0 Å². The lowest BCUT2D eigenvalue weighted by Crippen LogP contribution is -2.23. The zero-order valence-electron chi connectivity index (χ0n) is 12.4. The molecule has 0 fully saturated rings. The second kappa shape index (κ2) is 7.13. The molecule has 0 bridgehead atoms. The molecule has 2 rings (SSSR count). The highest BCUT2D eigenvalue weighted by atomic mass is 32.1. The summed E-state index contributed by atoms with van der Waals surface area (Å²) in [6, 6.07) is 6.00. The van der Waals surface area contributed by atoms with Gasteiger partial charge in [0.1, 0.15) is 5.82 Å². The lowest BCUT2D eigenvalue weighted by molar-refractivity contribution is -0.116. The summed E-state index contributed by atoms with van der Waals surface area (Å²) in [6.07, 6.45) is 1.48. The Kier molecular flexibility index (Phi) is 5.21. The molecule has 0 aliphatic carbocycles.